The molecular weight excluding hydrogens is 377 g/mol. The number of rotatable bonds is 5. The van der Waals surface area contributed by atoms with Gasteiger partial charge in [0.15, 0.2) is 5.13 Å². The van der Waals surface area contributed by atoms with Crippen molar-refractivity contribution in [2.45, 2.75) is 19.4 Å². The minimum Gasteiger partial charge on any atom is -0.497 e. The Morgan fingerprint density at radius 3 is 2.93 bits per heavy atom. The van der Waals surface area contributed by atoms with Gasteiger partial charge in [0, 0.05) is 19.6 Å². The lowest BCUT2D eigenvalue weighted by Gasteiger charge is -2.31. The summed E-state index contributed by atoms with van der Waals surface area (Å²) in [6, 6.07) is 12.3. The SMILES string of the molecule is COc1ccc(CNC(=O)C2CCCN(c3nc4ccc(F)cc4s3)C2)cc1. The number of hydrogen-bond acceptors (Lipinski definition) is 5. The summed E-state index contributed by atoms with van der Waals surface area (Å²) in [5.74, 6) is 0.536. The maximum atomic E-state index is 13.4. The Hall–Kier alpha value is -2.67. The molecular formula is C21H22FN3O2S. The van der Waals surface area contributed by atoms with Gasteiger partial charge in [0.25, 0.3) is 0 Å². The molecule has 3 aromatic rings. The molecule has 1 atom stereocenters. The van der Waals surface area contributed by atoms with Crippen LogP contribution in [0.5, 0.6) is 5.75 Å². The minimum atomic E-state index is -0.253. The van der Waals surface area contributed by atoms with Crippen LogP contribution in [-0.2, 0) is 11.3 Å². The fraction of sp³-hybridized carbons (Fsp3) is 0.333. The molecule has 0 bridgehead atoms. The number of aromatic nitrogens is 1. The standard InChI is InChI=1S/C21H22FN3O2S/c1-27-17-7-4-14(5-8-17)12-23-20(26)15-3-2-10-25(13-15)21-24-18-9-6-16(22)11-19(18)28-21/h4-9,11,15H,2-3,10,12-13H2,1H3,(H,23,26). The van der Waals surface area contributed by atoms with Gasteiger partial charge in [-0.3, -0.25) is 4.79 Å². The number of piperidine rings is 1. The Morgan fingerprint density at radius 2 is 2.14 bits per heavy atom. The van der Waals surface area contributed by atoms with Crippen LogP contribution in [-0.4, -0.2) is 31.1 Å². The normalized spacial score (nSPS) is 16.9. The Morgan fingerprint density at radius 1 is 1.32 bits per heavy atom. The lowest BCUT2D eigenvalue weighted by atomic mass is 9.97. The van der Waals surface area contributed by atoms with E-state index in [1.165, 1.54) is 23.5 Å². The highest BCUT2D eigenvalue weighted by Crippen LogP contribution is 2.32. The highest BCUT2D eigenvalue weighted by atomic mass is 32.1. The Balaban J connectivity index is 1.38. The third-order valence-electron chi connectivity index (χ3n) is 5.03. The zero-order valence-corrected chi connectivity index (χ0v) is 16.5. The average Bonchev–Trinajstić information content (AvgIpc) is 3.15. The van der Waals surface area contributed by atoms with Gasteiger partial charge in [0.05, 0.1) is 23.2 Å². The van der Waals surface area contributed by atoms with E-state index in [0.29, 0.717) is 13.1 Å². The number of amides is 1. The van der Waals surface area contributed by atoms with Crippen LogP contribution in [0.2, 0.25) is 0 Å². The Kier molecular flexibility index (Phi) is 5.43. The number of fused-ring (bicyclic) bond motifs is 1. The molecule has 5 nitrogen and oxygen atoms in total. The third kappa shape index (κ3) is 4.09. The highest BCUT2D eigenvalue weighted by molar-refractivity contribution is 7.22. The molecule has 1 fully saturated rings. The summed E-state index contributed by atoms with van der Waals surface area (Å²) in [5.41, 5.74) is 1.84. The molecule has 4 rings (SSSR count). The molecule has 1 aliphatic rings. The number of halogens is 1. The molecule has 2 aromatic carbocycles. The van der Waals surface area contributed by atoms with Crippen LogP contribution in [0.1, 0.15) is 18.4 Å². The summed E-state index contributed by atoms with van der Waals surface area (Å²) in [5, 5.41) is 3.89. The van der Waals surface area contributed by atoms with Gasteiger partial charge < -0.3 is 15.0 Å². The van der Waals surface area contributed by atoms with Gasteiger partial charge in [-0.2, -0.15) is 0 Å². The van der Waals surface area contributed by atoms with Gasteiger partial charge in [0.1, 0.15) is 11.6 Å². The number of ether oxygens (including phenoxy) is 1. The fourth-order valence-corrected chi connectivity index (χ4v) is 4.49. The molecule has 2 heterocycles. The molecule has 0 saturated carbocycles. The predicted octanol–water partition coefficient (Wildman–Crippen LogP) is 3.98. The van der Waals surface area contributed by atoms with Crippen molar-refractivity contribution in [1.82, 2.24) is 10.3 Å². The van der Waals surface area contributed by atoms with Crippen LogP contribution in [0.25, 0.3) is 10.2 Å². The predicted molar refractivity (Wildman–Crippen MR) is 109 cm³/mol. The smallest absolute Gasteiger partial charge is 0.225 e. The second kappa shape index (κ2) is 8.14. The van der Waals surface area contributed by atoms with E-state index in [4.69, 9.17) is 4.74 Å². The lowest BCUT2D eigenvalue weighted by molar-refractivity contribution is -0.125. The summed E-state index contributed by atoms with van der Waals surface area (Å²) in [6.45, 7) is 2.00. The van der Waals surface area contributed by atoms with Crippen LogP contribution in [0.3, 0.4) is 0 Å². The van der Waals surface area contributed by atoms with E-state index in [0.717, 1.165) is 46.0 Å². The van der Waals surface area contributed by atoms with Crippen molar-refractivity contribution in [3.8, 4) is 5.75 Å². The first-order chi connectivity index (χ1) is 13.6. The van der Waals surface area contributed by atoms with E-state index in [9.17, 15) is 9.18 Å². The van der Waals surface area contributed by atoms with Gasteiger partial charge in [-0.1, -0.05) is 23.5 Å². The van der Waals surface area contributed by atoms with Gasteiger partial charge >= 0.3 is 0 Å². The third-order valence-corrected chi connectivity index (χ3v) is 6.11. The van der Waals surface area contributed by atoms with Crippen molar-refractivity contribution in [3.63, 3.8) is 0 Å². The van der Waals surface area contributed by atoms with Crippen molar-refractivity contribution in [2.24, 2.45) is 5.92 Å². The summed E-state index contributed by atoms with van der Waals surface area (Å²) in [4.78, 5) is 19.4. The molecule has 1 unspecified atom stereocenters. The Bertz CT molecular complexity index is 973. The number of hydrogen-bond donors (Lipinski definition) is 1. The van der Waals surface area contributed by atoms with Crippen molar-refractivity contribution < 1.29 is 13.9 Å². The first-order valence-corrected chi connectivity index (χ1v) is 10.2. The molecule has 1 N–H and O–H groups in total. The van der Waals surface area contributed by atoms with E-state index >= 15 is 0 Å². The van der Waals surface area contributed by atoms with Gasteiger partial charge in [-0.05, 0) is 48.7 Å². The number of nitrogens with zero attached hydrogens (tertiary/aromatic N) is 2. The number of carbonyl (C=O) groups excluding carboxylic acids is 1. The first-order valence-electron chi connectivity index (χ1n) is 9.34. The van der Waals surface area contributed by atoms with E-state index in [2.05, 4.69) is 15.2 Å². The number of carbonyl (C=O) groups is 1. The van der Waals surface area contributed by atoms with Crippen molar-refractivity contribution >= 4 is 32.6 Å². The quantitative estimate of drug-likeness (QED) is 0.705. The number of benzene rings is 2. The summed E-state index contributed by atoms with van der Waals surface area (Å²) in [7, 11) is 1.63. The number of methoxy groups -OCH3 is 1. The second-order valence-electron chi connectivity index (χ2n) is 6.96. The fourth-order valence-electron chi connectivity index (χ4n) is 3.46. The largest absolute Gasteiger partial charge is 0.497 e. The van der Waals surface area contributed by atoms with Crippen LogP contribution >= 0.6 is 11.3 Å². The summed E-state index contributed by atoms with van der Waals surface area (Å²) < 4.78 is 19.4. The molecule has 1 aromatic heterocycles. The number of nitrogens with one attached hydrogen (secondary N) is 1. The van der Waals surface area contributed by atoms with Gasteiger partial charge in [0.2, 0.25) is 5.91 Å². The molecule has 0 spiro atoms. The van der Waals surface area contributed by atoms with Gasteiger partial charge in [-0.25, -0.2) is 9.37 Å². The van der Waals surface area contributed by atoms with Crippen LogP contribution in [0.15, 0.2) is 42.5 Å². The monoisotopic (exact) mass is 399 g/mol. The first kappa shape index (κ1) is 18.7. The van der Waals surface area contributed by atoms with Crippen LogP contribution < -0.4 is 15.0 Å². The maximum Gasteiger partial charge on any atom is 0.225 e. The minimum absolute atomic E-state index is 0.0627. The summed E-state index contributed by atoms with van der Waals surface area (Å²) in [6.07, 6.45) is 1.80. The zero-order chi connectivity index (χ0) is 19.5. The zero-order valence-electron chi connectivity index (χ0n) is 15.7. The topological polar surface area (TPSA) is 54.5 Å². The molecule has 0 aliphatic carbocycles. The molecule has 1 amide bonds. The van der Waals surface area contributed by atoms with E-state index in [1.807, 2.05) is 24.3 Å². The molecule has 7 heteroatoms. The van der Waals surface area contributed by atoms with Crippen molar-refractivity contribution in [1.29, 1.82) is 0 Å². The second-order valence-corrected chi connectivity index (χ2v) is 7.97. The molecule has 28 heavy (non-hydrogen) atoms. The molecule has 146 valence electrons. The molecule has 1 aliphatic heterocycles. The van der Waals surface area contributed by atoms with E-state index in [1.54, 1.807) is 13.2 Å². The van der Waals surface area contributed by atoms with E-state index in [-0.39, 0.29) is 17.6 Å². The molecule has 0 radical (unpaired) electrons. The average molecular weight is 399 g/mol. The van der Waals surface area contributed by atoms with Crippen LogP contribution in [0.4, 0.5) is 9.52 Å². The molecule has 1 saturated heterocycles. The lowest BCUT2D eigenvalue weighted by Crippen LogP contribution is -2.42. The van der Waals surface area contributed by atoms with Crippen LogP contribution in [0, 0.1) is 11.7 Å². The van der Waals surface area contributed by atoms with Crippen molar-refractivity contribution in [2.75, 3.05) is 25.1 Å². The summed E-state index contributed by atoms with van der Waals surface area (Å²) >= 11 is 1.48. The maximum absolute atomic E-state index is 13.4. The Labute approximate surface area is 167 Å². The number of anilines is 1. The highest BCUT2D eigenvalue weighted by Gasteiger charge is 2.27. The van der Waals surface area contributed by atoms with Crippen molar-refractivity contribution in [3.05, 3.63) is 53.8 Å². The number of thiazole rings is 1. The van der Waals surface area contributed by atoms with E-state index < -0.39 is 0 Å². The van der Waals surface area contributed by atoms with Gasteiger partial charge in [-0.15, -0.1) is 0 Å².